The fourth-order valence-corrected chi connectivity index (χ4v) is 0.406. The number of hydrogen-bond acceptors (Lipinski definition) is 5. The first-order chi connectivity index (χ1) is 3.95. The van der Waals surface area contributed by atoms with Crippen LogP contribution in [-0.4, -0.2) is 32.7 Å². The second-order valence-corrected chi connectivity index (χ2v) is 1.92. The van der Waals surface area contributed by atoms with Crippen LogP contribution in [0.15, 0.2) is 0 Å². The quantitative estimate of drug-likeness (QED) is 0.286. The van der Waals surface area contributed by atoms with Crippen LogP contribution in [-0.2, 0) is 24.1 Å². The SMILES string of the molecule is OC(CC(O)(O)O)[O][Ti]. The van der Waals surface area contributed by atoms with Crippen molar-refractivity contribution in [3.05, 3.63) is 0 Å². The Bertz CT molecular complexity index is 78.8. The Hall–Kier alpha value is 0.514. The van der Waals surface area contributed by atoms with Gasteiger partial charge in [0.15, 0.2) is 0 Å². The summed E-state index contributed by atoms with van der Waals surface area (Å²) in [6.45, 7) is 0. The summed E-state index contributed by atoms with van der Waals surface area (Å²) >= 11 is 1.18. The van der Waals surface area contributed by atoms with Gasteiger partial charge in [-0.2, -0.15) is 0 Å². The molecule has 0 saturated heterocycles. The van der Waals surface area contributed by atoms with Crippen LogP contribution in [0.4, 0.5) is 0 Å². The molecule has 53 valence electrons. The molecule has 0 aromatic rings. The molecule has 9 heavy (non-hydrogen) atoms. The Morgan fingerprint density at radius 2 is 1.89 bits per heavy atom. The van der Waals surface area contributed by atoms with Gasteiger partial charge in [-0.3, -0.25) is 0 Å². The van der Waals surface area contributed by atoms with Gasteiger partial charge in [0.05, 0.1) is 0 Å². The first kappa shape index (κ1) is 9.51. The van der Waals surface area contributed by atoms with E-state index in [0.717, 1.165) is 0 Å². The van der Waals surface area contributed by atoms with E-state index in [1.807, 2.05) is 0 Å². The summed E-state index contributed by atoms with van der Waals surface area (Å²) in [6, 6.07) is 0. The second-order valence-electron chi connectivity index (χ2n) is 1.55. The monoisotopic (exact) mass is 171 g/mol. The molecule has 5 nitrogen and oxygen atoms in total. The number of rotatable bonds is 3. The third kappa shape index (κ3) is 6.40. The zero-order valence-corrected chi connectivity index (χ0v) is 6.04. The van der Waals surface area contributed by atoms with Crippen LogP contribution in [0.25, 0.3) is 0 Å². The van der Waals surface area contributed by atoms with Gasteiger partial charge in [0.2, 0.25) is 0 Å². The molecule has 0 spiro atoms. The fraction of sp³-hybridized carbons (Fsp3) is 1.00. The van der Waals surface area contributed by atoms with Gasteiger partial charge < -0.3 is 0 Å². The predicted octanol–water partition coefficient (Wildman–Crippen LogP) is -2.20. The molecule has 0 bridgehead atoms. The molecule has 0 saturated carbocycles. The normalized spacial score (nSPS) is 15.4. The average molecular weight is 171 g/mol. The van der Waals surface area contributed by atoms with Crippen molar-refractivity contribution in [2.75, 3.05) is 0 Å². The van der Waals surface area contributed by atoms with E-state index in [0.29, 0.717) is 0 Å². The molecule has 4 N–H and O–H groups in total. The third-order valence-electron chi connectivity index (χ3n) is 0.585. The van der Waals surface area contributed by atoms with Crippen molar-refractivity contribution in [2.24, 2.45) is 0 Å². The van der Waals surface area contributed by atoms with E-state index < -0.39 is 18.7 Å². The zero-order chi connectivity index (χ0) is 7.49. The summed E-state index contributed by atoms with van der Waals surface area (Å²) in [5.74, 6) is -2.85. The molecule has 0 rings (SSSR count). The number of aliphatic hydroxyl groups excluding tert-OH is 1. The standard InChI is InChI=1S/C3H7O5.Ti/c4-2(5)1-3(6,7)8;/h2,4,6-8H,1H2;/q-1;+1. The Kier molecular flexibility index (Phi) is 3.83. The molecule has 0 aromatic heterocycles. The maximum absolute atomic E-state index is 8.49. The van der Waals surface area contributed by atoms with Crippen LogP contribution in [0.2, 0.25) is 0 Å². The van der Waals surface area contributed by atoms with Crippen molar-refractivity contribution in [1.82, 2.24) is 0 Å². The molecule has 0 fully saturated rings. The van der Waals surface area contributed by atoms with E-state index in [9.17, 15) is 0 Å². The van der Waals surface area contributed by atoms with E-state index in [-0.39, 0.29) is 0 Å². The number of aliphatic hydroxyl groups is 4. The van der Waals surface area contributed by atoms with Crippen LogP contribution >= 0.6 is 0 Å². The molecule has 0 amide bonds. The average Bonchev–Trinajstić information content (AvgIpc) is 1.62. The minimum absolute atomic E-state index is 0.649. The summed E-state index contributed by atoms with van der Waals surface area (Å²) in [6.07, 6.45) is -2.01. The zero-order valence-electron chi connectivity index (χ0n) is 4.48. The summed E-state index contributed by atoms with van der Waals surface area (Å²) in [5, 5.41) is 33.1. The van der Waals surface area contributed by atoms with E-state index in [2.05, 4.69) is 3.32 Å². The van der Waals surface area contributed by atoms with E-state index >= 15 is 0 Å². The van der Waals surface area contributed by atoms with Crippen LogP contribution in [0.5, 0.6) is 0 Å². The molecule has 0 aromatic carbocycles. The first-order valence-electron chi connectivity index (χ1n) is 2.13. The van der Waals surface area contributed by atoms with Gasteiger partial charge in [0.25, 0.3) is 0 Å². The van der Waals surface area contributed by atoms with Gasteiger partial charge in [-0.25, -0.2) is 0 Å². The molecule has 0 heterocycles. The van der Waals surface area contributed by atoms with Gasteiger partial charge in [-0.05, 0) is 0 Å². The van der Waals surface area contributed by atoms with E-state index in [1.165, 1.54) is 20.8 Å². The number of hydrogen-bond donors (Lipinski definition) is 4. The second kappa shape index (κ2) is 3.63. The molecule has 0 aliphatic carbocycles. The maximum atomic E-state index is 8.49. The molecule has 0 radical (unpaired) electrons. The van der Waals surface area contributed by atoms with E-state index in [4.69, 9.17) is 20.4 Å². The Labute approximate surface area is 63.8 Å². The van der Waals surface area contributed by atoms with Crippen LogP contribution in [0, 0.1) is 0 Å². The van der Waals surface area contributed by atoms with Crippen molar-refractivity contribution in [3.63, 3.8) is 0 Å². The van der Waals surface area contributed by atoms with Crippen molar-refractivity contribution in [3.8, 4) is 0 Å². The molecule has 6 heteroatoms. The summed E-state index contributed by atoms with van der Waals surface area (Å²) in [5.41, 5.74) is 0. The van der Waals surface area contributed by atoms with Crippen molar-refractivity contribution in [2.45, 2.75) is 18.7 Å². The molecule has 0 aliphatic rings. The Morgan fingerprint density at radius 1 is 1.44 bits per heavy atom. The molecule has 1 atom stereocenters. The van der Waals surface area contributed by atoms with Crippen LogP contribution < -0.4 is 0 Å². The first-order valence-corrected chi connectivity index (χ1v) is 2.77. The topological polar surface area (TPSA) is 90.2 Å². The van der Waals surface area contributed by atoms with Gasteiger partial charge in [-0.15, -0.1) is 0 Å². The van der Waals surface area contributed by atoms with Crippen molar-refractivity contribution < 1.29 is 44.6 Å². The summed E-state index contributed by atoms with van der Waals surface area (Å²) in [4.78, 5) is 0. The summed E-state index contributed by atoms with van der Waals surface area (Å²) < 4.78 is 4.20. The van der Waals surface area contributed by atoms with Crippen LogP contribution in [0.1, 0.15) is 6.42 Å². The van der Waals surface area contributed by atoms with Gasteiger partial charge in [-0.1, -0.05) is 0 Å². The Morgan fingerprint density at radius 3 is 2.00 bits per heavy atom. The van der Waals surface area contributed by atoms with Crippen LogP contribution in [0.3, 0.4) is 0 Å². The van der Waals surface area contributed by atoms with Crippen molar-refractivity contribution in [1.29, 1.82) is 0 Å². The molecular weight excluding hydrogens is 164 g/mol. The van der Waals surface area contributed by atoms with Gasteiger partial charge in [0.1, 0.15) is 0 Å². The summed E-state index contributed by atoms with van der Waals surface area (Å²) in [7, 11) is 0. The Balaban J connectivity index is 3.47. The fourth-order valence-electron chi connectivity index (χ4n) is 0.276. The van der Waals surface area contributed by atoms with Gasteiger partial charge >= 0.3 is 63.3 Å². The minimum atomic E-state index is -2.85. The molecule has 1 unspecified atom stereocenters. The van der Waals surface area contributed by atoms with E-state index in [1.54, 1.807) is 0 Å². The third-order valence-corrected chi connectivity index (χ3v) is 1.01. The molecular formula is C3H7O5Ti. The van der Waals surface area contributed by atoms with Gasteiger partial charge in [0, 0.05) is 0 Å². The molecule has 0 aliphatic heterocycles. The predicted molar refractivity (Wildman–Crippen MR) is 21.1 cm³/mol. The van der Waals surface area contributed by atoms with Crippen molar-refractivity contribution >= 4 is 0 Å².